The van der Waals surface area contributed by atoms with Crippen molar-refractivity contribution in [2.24, 2.45) is 7.05 Å². The first-order valence-electron chi connectivity index (χ1n) is 9.89. The fourth-order valence-electron chi connectivity index (χ4n) is 3.58. The zero-order valence-corrected chi connectivity index (χ0v) is 17.6. The first kappa shape index (κ1) is 19.3. The van der Waals surface area contributed by atoms with Gasteiger partial charge in [0.25, 0.3) is 5.91 Å². The maximum Gasteiger partial charge on any atom is 0.251 e. The molecule has 0 saturated carbocycles. The second-order valence-electron chi connectivity index (χ2n) is 7.35. The Hall–Kier alpha value is -3.64. The first-order chi connectivity index (χ1) is 15.1. The van der Waals surface area contributed by atoms with Crippen molar-refractivity contribution in [3.63, 3.8) is 0 Å². The van der Waals surface area contributed by atoms with Crippen molar-refractivity contribution in [1.82, 2.24) is 19.9 Å². The fraction of sp³-hybridized carbons (Fsp3) is 0.125. The number of rotatable bonds is 5. The highest BCUT2D eigenvalue weighted by Crippen LogP contribution is 2.20. The molecule has 154 valence electrons. The smallest absolute Gasteiger partial charge is 0.251 e. The Bertz CT molecular complexity index is 1400. The van der Waals surface area contributed by atoms with E-state index in [1.54, 1.807) is 18.2 Å². The maximum absolute atomic E-state index is 12.7. The van der Waals surface area contributed by atoms with E-state index in [9.17, 15) is 4.79 Å². The molecule has 31 heavy (non-hydrogen) atoms. The summed E-state index contributed by atoms with van der Waals surface area (Å²) in [5.74, 6) is 1.20. The molecule has 6 nitrogen and oxygen atoms in total. The molecular formula is C24H19ClN4O2. The number of carbonyl (C=O) groups is 1. The summed E-state index contributed by atoms with van der Waals surface area (Å²) in [6.45, 7) is 0.336. The topological polar surface area (TPSA) is 73.0 Å². The molecule has 0 atom stereocenters. The third-order valence-electron chi connectivity index (χ3n) is 5.25. The van der Waals surface area contributed by atoms with Crippen LogP contribution in [0.25, 0.3) is 22.1 Å². The molecule has 0 unspecified atom stereocenters. The van der Waals surface area contributed by atoms with Gasteiger partial charge in [0, 0.05) is 24.1 Å². The number of aromatic nitrogens is 3. The van der Waals surface area contributed by atoms with Crippen molar-refractivity contribution in [3.8, 4) is 0 Å². The normalized spacial score (nSPS) is 11.3. The van der Waals surface area contributed by atoms with Crippen molar-refractivity contribution in [2.75, 3.05) is 0 Å². The molecule has 5 aromatic rings. The number of amides is 1. The molecule has 0 bridgehead atoms. The lowest BCUT2D eigenvalue weighted by atomic mass is 10.1. The Morgan fingerprint density at radius 1 is 1.03 bits per heavy atom. The highest BCUT2D eigenvalue weighted by molar-refractivity contribution is 6.30. The van der Waals surface area contributed by atoms with Crippen LogP contribution in [-0.4, -0.2) is 20.4 Å². The maximum atomic E-state index is 12.7. The molecular weight excluding hydrogens is 412 g/mol. The lowest BCUT2D eigenvalue weighted by Crippen LogP contribution is -2.24. The van der Waals surface area contributed by atoms with Gasteiger partial charge in [-0.3, -0.25) is 4.79 Å². The van der Waals surface area contributed by atoms with Gasteiger partial charge in [-0.05, 0) is 48.0 Å². The van der Waals surface area contributed by atoms with Crippen LogP contribution in [0.5, 0.6) is 0 Å². The number of nitrogens with one attached hydrogen (secondary N) is 1. The van der Waals surface area contributed by atoms with E-state index in [2.05, 4.69) is 15.3 Å². The van der Waals surface area contributed by atoms with Crippen molar-refractivity contribution in [1.29, 1.82) is 0 Å². The lowest BCUT2D eigenvalue weighted by Gasteiger charge is -2.05. The van der Waals surface area contributed by atoms with E-state index < -0.39 is 0 Å². The Labute approximate surface area is 183 Å². The van der Waals surface area contributed by atoms with E-state index in [0.29, 0.717) is 40.5 Å². The van der Waals surface area contributed by atoms with Gasteiger partial charge in [-0.2, -0.15) is 0 Å². The van der Waals surface area contributed by atoms with Crippen LogP contribution in [0.1, 0.15) is 27.6 Å². The van der Waals surface area contributed by atoms with Gasteiger partial charge in [-0.15, -0.1) is 0 Å². The molecule has 0 saturated heterocycles. The number of para-hydroxylation sites is 2. The molecule has 0 fully saturated rings. The molecule has 2 heterocycles. The van der Waals surface area contributed by atoms with Gasteiger partial charge in [-0.1, -0.05) is 35.9 Å². The second kappa shape index (κ2) is 7.89. The minimum Gasteiger partial charge on any atom is -0.440 e. The number of nitrogens with zero attached hydrogens (tertiary/aromatic N) is 3. The van der Waals surface area contributed by atoms with Crippen molar-refractivity contribution < 1.29 is 9.21 Å². The molecule has 0 aliphatic heterocycles. The number of imidazole rings is 1. The Morgan fingerprint density at radius 2 is 1.84 bits per heavy atom. The number of hydrogen-bond acceptors (Lipinski definition) is 4. The molecule has 5 rings (SSSR count). The van der Waals surface area contributed by atoms with Crippen LogP contribution < -0.4 is 5.32 Å². The van der Waals surface area contributed by atoms with Crippen LogP contribution in [0.4, 0.5) is 0 Å². The predicted molar refractivity (Wildman–Crippen MR) is 120 cm³/mol. The molecule has 1 amide bonds. The van der Waals surface area contributed by atoms with E-state index in [-0.39, 0.29) is 5.91 Å². The third-order valence-corrected chi connectivity index (χ3v) is 5.50. The highest BCUT2D eigenvalue weighted by Gasteiger charge is 2.13. The van der Waals surface area contributed by atoms with E-state index in [1.807, 2.05) is 60.1 Å². The SMILES string of the molecule is Cn1c(CNC(=O)c2ccc3oc(Cc4ccc(Cl)cc4)nc3c2)nc2ccccc21. The van der Waals surface area contributed by atoms with Crippen LogP contribution in [0, 0.1) is 0 Å². The molecule has 3 aromatic carbocycles. The summed E-state index contributed by atoms with van der Waals surface area (Å²) in [7, 11) is 1.94. The largest absolute Gasteiger partial charge is 0.440 e. The van der Waals surface area contributed by atoms with Gasteiger partial charge in [0.05, 0.1) is 17.6 Å². The van der Waals surface area contributed by atoms with Crippen LogP contribution >= 0.6 is 11.6 Å². The standard InChI is InChI=1S/C24H19ClN4O2/c1-29-20-5-3-2-4-18(20)27-22(29)14-26-24(30)16-8-11-21-19(13-16)28-23(31-21)12-15-6-9-17(25)10-7-15/h2-11,13H,12,14H2,1H3,(H,26,30). The minimum absolute atomic E-state index is 0.184. The van der Waals surface area contributed by atoms with E-state index in [1.165, 1.54) is 0 Å². The van der Waals surface area contributed by atoms with Crippen LogP contribution in [-0.2, 0) is 20.0 Å². The second-order valence-corrected chi connectivity index (χ2v) is 7.79. The summed E-state index contributed by atoms with van der Waals surface area (Å²) in [5.41, 5.74) is 4.82. The van der Waals surface area contributed by atoms with Gasteiger partial charge in [0.15, 0.2) is 11.5 Å². The number of aryl methyl sites for hydroxylation is 1. The number of carbonyl (C=O) groups excluding carboxylic acids is 1. The number of benzene rings is 3. The Morgan fingerprint density at radius 3 is 2.65 bits per heavy atom. The molecule has 2 aromatic heterocycles. The molecule has 0 spiro atoms. The zero-order valence-electron chi connectivity index (χ0n) is 16.8. The molecule has 0 radical (unpaired) electrons. The first-order valence-corrected chi connectivity index (χ1v) is 10.3. The van der Waals surface area contributed by atoms with Gasteiger partial charge >= 0.3 is 0 Å². The number of fused-ring (bicyclic) bond motifs is 2. The third kappa shape index (κ3) is 3.90. The Balaban J connectivity index is 1.31. The van der Waals surface area contributed by atoms with Gasteiger partial charge in [0.1, 0.15) is 11.3 Å². The highest BCUT2D eigenvalue weighted by atomic mass is 35.5. The van der Waals surface area contributed by atoms with Crippen molar-refractivity contribution in [3.05, 3.63) is 94.6 Å². The van der Waals surface area contributed by atoms with Crippen LogP contribution in [0.2, 0.25) is 5.02 Å². The summed E-state index contributed by atoms with van der Waals surface area (Å²) in [6, 6.07) is 20.7. The number of halogens is 1. The molecule has 0 aliphatic rings. The van der Waals surface area contributed by atoms with Crippen molar-refractivity contribution >= 4 is 39.6 Å². The summed E-state index contributed by atoms with van der Waals surface area (Å²) >= 11 is 5.94. The van der Waals surface area contributed by atoms with Crippen LogP contribution in [0.3, 0.4) is 0 Å². The van der Waals surface area contributed by atoms with E-state index in [4.69, 9.17) is 16.0 Å². The average molecular weight is 431 g/mol. The lowest BCUT2D eigenvalue weighted by molar-refractivity contribution is 0.0949. The molecule has 0 aliphatic carbocycles. The summed E-state index contributed by atoms with van der Waals surface area (Å²) in [4.78, 5) is 21.8. The monoisotopic (exact) mass is 430 g/mol. The minimum atomic E-state index is -0.184. The predicted octanol–water partition coefficient (Wildman–Crippen LogP) is 4.89. The van der Waals surface area contributed by atoms with Crippen LogP contribution in [0.15, 0.2) is 71.1 Å². The fourth-order valence-corrected chi connectivity index (χ4v) is 3.71. The summed E-state index contributed by atoms with van der Waals surface area (Å²) in [6.07, 6.45) is 0.556. The zero-order chi connectivity index (χ0) is 21.4. The van der Waals surface area contributed by atoms with E-state index in [0.717, 1.165) is 22.4 Å². The molecule has 1 N–H and O–H groups in total. The Kier molecular flexibility index (Phi) is 4.92. The van der Waals surface area contributed by atoms with Gasteiger partial charge < -0.3 is 14.3 Å². The number of hydrogen-bond donors (Lipinski definition) is 1. The van der Waals surface area contributed by atoms with Gasteiger partial charge in [-0.25, -0.2) is 9.97 Å². The van der Waals surface area contributed by atoms with E-state index >= 15 is 0 Å². The molecule has 7 heteroatoms. The number of oxazole rings is 1. The quantitative estimate of drug-likeness (QED) is 0.431. The summed E-state index contributed by atoms with van der Waals surface area (Å²) < 4.78 is 7.81. The van der Waals surface area contributed by atoms with Crippen molar-refractivity contribution in [2.45, 2.75) is 13.0 Å². The van der Waals surface area contributed by atoms with Gasteiger partial charge in [0.2, 0.25) is 0 Å². The average Bonchev–Trinajstić information content (AvgIpc) is 3.33. The summed E-state index contributed by atoms with van der Waals surface area (Å²) in [5, 5.41) is 3.63.